The van der Waals surface area contributed by atoms with Gasteiger partial charge in [0, 0.05) is 0 Å². The Kier molecular flexibility index (Phi) is 6.34. The number of nitrogens with one attached hydrogen (secondary N) is 1. The van der Waals surface area contributed by atoms with Crippen LogP contribution in [-0.4, -0.2) is 25.5 Å². The van der Waals surface area contributed by atoms with E-state index in [0.717, 1.165) is 6.42 Å². The summed E-state index contributed by atoms with van der Waals surface area (Å²) in [6.07, 6.45) is 1.67. The van der Waals surface area contributed by atoms with Crippen molar-refractivity contribution in [2.45, 2.75) is 38.0 Å². The molecule has 21 heavy (non-hydrogen) atoms. The van der Waals surface area contributed by atoms with Crippen LogP contribution in [-0.2, 0) is 20.6 Å². The van der Waals surface area contributed by atoms with E-state index < -0.39 is 22.0 Å². The monoisotopic (exact) mass is 310 g/mol. The predicted molar refractivity (Wildman–Crippen MR) is 77.9 cm³/mol. The Balaban J connectivity index is 2.80. The number of unbranched alkanes of at least 4 members (excludes halogenated alkanes) is 1. The lowest BCUT2D eigenvalue weighted by molar-refractivity contribution is -0.139. The Hall–Kier alpha value is -1.91. The normalized spacial score (nSPS) is 12.6. The molecule has 1 aromatic rings. The van der Waals surface area contributed by atoms with Crippen LogP contribution in [0.3, 0.4) is 0 Å². The Morgan fingerprint density at radius 3 is 2.76 bits per heavy atom. The summed E-state index contributed by atoms with van der Waals surface area (Å²) >= 11 is 0. The lowest BCUT2D eigenvalue weighted by atomic mass is 10.1. The zero-order valence-corrected chi connectivity index (χ0v) is 12.6. The van der Waals surface area contributed by atoms with Gasteiger partial charge in [-0.3, -0.25) is 4.79 Å². The van der Waals surface area contributed by atoms with Crippen LogP contribution in [0.15, 0.2) is 24.3 Å². The SMILES string of the molecule is CCCCC(NS(=O)(=O)Cc1cccc(C#N)c1)C(=O)O. The van der Waals surface area contributed by atoms with Crippen molar-refractivity contribution in [2.75, 3.05) is 0 Å². The Morgan fingerprint density at radius 1 is 1.48 bits per heavy atom. The first kappa shape index (κ1) is 17.1. The van der Waals surface area contributed by atoms with E-state index in [2.05, 4.69) is 4.72 Å². The van der Waals surface area contributed by atoms with Gasteiger partial charge >= 0.3 is 5.97 Å². The summed E-state index contributed by atoms with van der Waals surface area (Å²) in [6.45, 7) is 1.90. The molecule has 0 spiro atoms. The third kappa shape index (κ3) is 5.94. The second-order valence-electron chi connectivity index (χ2n) is 4.72. The van der Waals surface area contributed by atoms with Crippen LogP contribution in [0.4, 0.5) is 0 Å². The molecular formula is C14H18N2O4S. The topological polar surface area (TPSA) is 107 Å². The first-order chi connectivity index (χ1) is 9.88. The Morgan fingerprint density at radius 2 is 2.19 bits per heavy atom. The fraction of sp³-hybridized carbons (Fsp3) is 0.429. The van der Waals surface area contributed by atoms with Crippen LogP contribution < -0.4 is 4.72 Å². The van der Waals surface area contributed by atoms with Crippen molar-refractivity contribution in [1.82, 2.24) is 4.72 Å². The predicted octanol–water partition coefficient (Wildman–Crippen LogP) is 1.62. The van der Waals surface area contributed by atoms with Crippen molar-refractivity contribution in [3.05, 3.63) is 35.4 Å². The van der Waals surface area contributed by atoms with Crippen molar-refractivity contribution in [2.24, 2.45) is 0 Å². The van der Waals surface area contributed by atoms with Gasteiger partial charge in [-0.05, 0) is 24.1 Å². The van der Waals surface area contributed by atoms with Gasteiger partial charge in [0.15, 0.2) is 0 Å². The van der Waals surface area contributed by atoms with Crippen molar-refractivity contribution >= 4 is 16.0 Å². The third-order valence-electron chi connectivity index (χ3n) is 2.88. The van der Waals surface area contributed by atoms with E-state index in [9.17, 15) is 13.2 Å². The van der Waals surface area contributed by atoms with Gasteiger partial charge in [0.1, 0.15) is 6.04 Å². The zero-order chi connectivity index (χ0) is 15.9. The average Bonchev–Trinajstić information content (AvgIpc) is 2.42. The summed E-state index contributed by atoms with van der Waals surface area (Å²) in [5.74, 6) is -1.53. The number of carbonyl (C=O) groups is 1. The molecule has 0 aliphatic rings. The van der Waals surface area contributed by atoms with E-state index in [-0.39, 0.29) is 12.2 Å². The van der Waals surface area contributed by atoms with Gasteiger partial charge < -0.3 is 5.11 Å². The molecule has 2 N–H and O–H groups in total. The summed E-state index contributed by atoms with van der Waals surface area (Å²) in [5.41, 5.74) is 0.810. The lowest BCUT2D eigenvalue weighted by Gasteiger charge is -2.14. The number of carboxylic acids is 1. The maximum Gasteiger partial charge on any atom is 0.321 e. The van der Waals surface area contributed by atoms with E-state index in [1.807, 2.05) is 13.0 Å². The highest BCUT2D eigenvalue weighted by Gasteiger charge is 2.23. The average molecular weight is 310 g/mol. The van der Waals surface area contributed by atoms with Crippen LogP contribution in [0.5, 0.6) is 0 Å². The Labute approximate surface area is 124 Å². The minimum Gasteiger partial charge on any atom is -0.480 e. The molecular weight excluding hydrogens is 292 g/mol. The number of carboxylic acid groups (broad SMARTS) is 1. The fourth-order valence-electron chi connectivity index (χ4n) is 1.85. The summed E-state index contributed by atoms with van der Waals surface area (Å²) in [4.78, 5) is 11.1. The number of nitrogens with zero attached hydrogens (tertiary/aromatic N) is 1. The van der Waals surface area contributed by atoms with E-state index in [1.165, 1.54) is 6.07 Å². The van der Waals surface area contributed by atoms with Crippen LogP contribution >= 0.6 is 0 Å². The lowest BCUT2D eigenvalue weighted by Crippen LogP contribution is -2.41. The molecule has 0 radical (unpaired) electrons. The largest absolute Gasteiger partial charge is 0.480 e. The minimum atomic E-state index is -3.77. The summed E-state index contributed by atoms with van der Waals surface area (Å²) in [7, 11) is -3.77. The number of hydrogen-bond donors (Lipinski definition) is 2. The standard InChI is InChI=1S/C14H18N2O4S/c1-2-3-7-13(14(17)18)16-21(19,20)10-12-6-4-5-11(8-12)9-15/h4-6,8,13,16H,2-3,7,10H2,1H3,(H,17,18). The number of rotatable bonds is 8. The Bertz CT molecular complexity index is 635. The van der Waals surface area contributed by atoms with Crippen molar-refractivity contribution in [3.8, 4) is 6.07 Å². The quantitative estimate of drug-likeness (QED) is 0.758. The van der Waals surface area contributed by atoms with E-state index in [4.69, 9.17) is 10.4 Å². The molecule has 0 saturated carbocycles. The van der Waals surface area contributed by atoms with E-state index in [0.29, 0.717) is 17.5 Å². The number of benzene rings is 1. The maximum absolute atomic E-state index is 12.0. The summed E-state index contributed by atoms with van der Waals surface area (Å²) in [5, 5.41) is 17.8. The molecule has 1 aromatic carbocycles. The fourth-order valence-corrected chi connectivity index (χ4v) is 3.20. The second kappa shape index (κ2) is 7.76. The molecule has 0 aliphatic carbocycles. The molecule has 0 fully saturated rings. The molecule has 0 saturated heterocycles. The van der Waals surface area contributed by atoms with E-state index >= 15 is 0 Å². The van der Waals surface area contributed by atoms with Gasteiger partial charge in [-0.2, -0.15) is 5.26 Å². The van der Waals surface area contributed by atoms with Crippen molar-refractivity contribution < 1.29 is 18.3 Å². The highest BCUT2D eigenvalue weighted by atomic mass is 32.2. The number of sulfonamides is 1. The van der Waals surface area contributed by atoms with Gasteiger partial charge in [-0.25, -0.2) is 13.1 Å². The van der Waals surface area contributed by atoms with Gasteiger partial charge in [-0.15, -0.1) is 0 Å². The molecule has 0 amide bonds. The van der Waals surface area contributed by atoms with Crippen LogP contribution in [0.2, 0.25) is 0 Å². The number of hydrogen-bond acceptors (Lipinski definition) is 4. The summed E-state index contributed by atoms with van der Waals surface area (Å²) in [6, 6.07) is 7.04. The molecule has 114 valence electrons. The molecule has 0 heterocycles. The van der Waals surface area contributed by atoms with Crippen molar-refractivity contribution in [3.63, 3.8) is 0 Å². The van der Waals surface area contributed by atoms with Crippen LogP contribution in [0.25, 0.3) is 0 Å². The zero-order valence-electron chi connectivity index (χ0n) is 11.7. The molecule has 7 heteroatoms. The van der Waals surface area contributed by atoms with Gasteiger partial charge in [0.25, 0.3) is 0 Å². The molecule has 1 rings (SSSR count). The molecule has 1 atom stereocenters. The summed E-state index contributed by atoms with van der Waals surface area (Å²) < 4.78 is 26.2. The molecule has 0 aromatic heterocycles. The van der Waals surface area contributed by atoms with Gasteiger partial charge in [0.05, 0.1) is 17.4 Å². The molecule has 1 unspecified atom stereocenters. The van der Waals surface area contributed by atoms with Gasteiger partial charge in [-0.1, -0.05) is 31.9 Å². The van der Waals surface area contributed by atoms with Crippen molar-refractivity contribution in [1.29, 1.82) is 5.26 Å². The smallest absolute Gasteiger partial charge is 0.321 e. The molecule has 0 bridgehead atoms. The number of nitriles is 1. The van der Waals surface area contributed by atoms with Crippen LogP contribution in [0.1, 0.15) is 37.3 Å². The van der Waals surface area contributed by atoms with Crippen LogP contribution in [0, 0.1) is 11.3 Å². The highest BCUT2D eigenvalue weighted by molar-refractivity contribution is 7.88. The molecule has 0 aliphatic heterocycles. The minimum absolute atomic E-state index is 0.253. The number of aliphatic carboxylic acids is 1. The van der Waals surface area contributed by atoms with E-state index in [1.54, 1.807) is 18.2 Å². The van der Waals surface area contributed by atoms with Gasteiger partial charge in [0.2, 0.25) is 10.0 Å². The highest BCUT2D eigenvalue weighted by Crippen LogP contribution is 2.10. The molecule has 6 nitrogen and oxygen atoms in total. The maximum atomic E-state index is 12.0. The second-order valence-corrected chi connectivity index (χ2v) is 6.48. The third-order valence-corrected chi connectivity index (χ3v) is 4.24. The first-order valence-electron chi connectivity index (χ1n) is 6.60. The first-order valence-corrected chi connectivity index (χ1v) is 8.25.